The summed E-state index contributed by atoms with van der Waals surface area (Å²) in [6.07, 6.45) is -2.72. The van der Waals surface area contributed by atoms with Crippen LogP contribution in [-0.4, -0.2) is 72.3 Å². The Morgan fingerprint density at radius 1 is 1.08 bits per heavy atom. The summed E-state index contributed by atoms with van der Waals surface area (Å²) < 4.78 is 60.7. The number of carbonyl (C=O) groups excluding carboxylic acids is 2. The summed E-state index contributed by atoms with van der Waals surface area (Å²) in [5.74, 6) is 4.25. The number of carbonyl (C=O) groups is 2. The standard InChI is InChI=1S/C35H36F4N6O3/c1-22-18-44(19-23-8-5-4-6-9-23)13-11-28(22)43-34(47)26-14-24(15-30-32(26)42-21-45(30)20-35(37,38)39)10-7-12-41-29-16-25(33(46)40-2)27(36)17-31(29)48-3/h4-6,8-9,14-17,21-22,28,41H,11-13,18-20H2,1-3H3,(H,40,46)(H,43,47)/t22-,28-/m0/s1. The van der Waals surface area contributed by atoms with E-state index in [1.165, 1.54) is 37.9 Å². The van der Waals surface area contributed by atoms with Gasteiger partial charge >= 0.3 is 6.18 Å². The Hall–Kier alpha value is -5.09. The van der Waals surface area contributed by atoms with Gasteiger partial charge in [0.2, 0.25) is 0 Å². The lowest BCUT2D eigenvalue weighted by Gasteiger charge is -2.37. The Kier molecular flexibility index (Phi) is 10.5. The van der Waals surface area contributed by atoms with Crippen molar-refractivity contribution in [1.29, 1.82) is 0 Å². The van der Waals surface area contributed by atoms with Crippen molar-refractivity contribution in [1.82, 2.24) is 25.1 Å². The zero-order chi connectivity index (χ0) is 34.4. The molecule has 9 nitrogen and oxygen atoms in total. The van der Waals surface area contributed by atoms with Gasteiger partial charge in [-0.3, -0.25) is 14.5 Å². The average molecular weight is 665 g/mol. The molecule has 0 unspecified atom stereocenters. The number of likely N-dealkylation sites (tertiary alicyclic amines) is 1. The molecule has 2 heterocycles. The number of alkyl halides is 3. The summed E-state index contributed by atoms with van der Waals surface area (Å²) in [6, 6.07) is 15.4. The summed E-state index contributed by atoms with van der Waals surface area (Å²) in [5, 5.41) is 8.44. The first kappa shape index (κ1) is 34.3. The number of hydrogen-bond acceptors (Lipinski definition) is 6. The van der Waals surface area contributed by atoms with E-state index in [2.05, 4.69) is 56.7 Å². The Morgan fingerprint density at radius 2 is 1.85 bits per heavy atom. The maximum Gasteiger partial charge on any atom is 0.406 e. The van der Waals surface area contributed by atoms with Crippen molar-refractivity contribution < 1.29 is 31.9 Å². The third kappa shape index (κ3) is 8.24. The lowest BCUT2D eigenvalue weighted by Crippen LogP contribution is -2.49. The van der Waals surface area contributed by atoms with Crippen LogP contribution in [0.3, 0.4) is 0 Å². The van der Waals surface area contributed by atoms with Crippen LogP contribution in [0.1, 0.15) is 45.2 Å². The van der Waals surface area contributed by atoms with Crippen LogP contribution in [0.2, 0.25) is 0 Å². The van der Waals surface area contributed by atoms with Crippen LogP contribution >= 0.6 is 0 Å². The smallest absolute Gasteiger partial charge is 0.406 e. The van der Waals surface area contributed by atoms with Gasteiger partial charge in [-0.1, -0.05) is 49.1 Å². The first-order valence-corrected chi connectivity index (χ1v) is 15.4. The highest BCUT2D eigenvalue weighted by atomic mass is 19.4. The summed E-state index contributed by atoms with van der Waals surface area (Å²) in [6.45, 7) is 3.16. The van der Waals surface area contributed by atoms with Crippen LogP contribution in [0.4, 0.5) is 23.2 Å². The van der Waals surface area contributed by atoms with E-state index in [0.717, 1.165) is 36.6 Å². The Morgan fingerprint density at radius 3 is 2.54 bits per heavy atom. The quantitative estimate of drug-likeness (QED) is 0.168. The van der Waals surface area contributed by atoms with Crippen molar-refractivity contribution in [2.75, 3.05) is 39.1 Å². The van der Waals surface area contributed by atoms with Gasteiger partial charge in [-0.2, -0.15) is 13.2 Å². The molecule has 252 valence electrons. The number of nitrogens with one attached hydrogen (secondary N) is 3. The minimum Gasteiger partial charge on any atom is -0.494 e. The van der Waals surface area contributed by atoms with Gasteiger partial charge in [-0.25, -0.2) is 9.37 Å². The van der Waals surface area contributed by atoms with E-state index in [-0.39, 0.29) is 46.4 Å². The molecule has 13 heteroatoms. The number of rotatable bonds is 9. The fourth-order valence-electron chi connectivity index (χ4n) is 5.86. The molecule has 48 heavy (non-hydrogen) atoms. The predicted molar refractivity (Wildman–Crippen MR) is 174 cm³/mol. The van der Waals surface area contributed by atoms with E-state index >= 15 is 0 Å². The topological polar surface area (TPSA) is 101 Å². The van der Waals surface area contributed by atoms with Crippen molar-refractivity contribution >= 4 is 28.5 Å². The minimum absolute atomic E-state index is 0.00955. The SMILES string of the molecule is CNC(=O)c1cc(NCC#Cc2cc(C(=O)N[C@H]3CCN(Cc4ccccc4)C[C@@H]3C)c3ncn(CC(F)(F)F)c3c2)c(OC)cc1F. The molecule has 3 aromatic carbocycles. The number of fused-ring (bicyclic) bond motifs is 1. The van der Waals surface area contributed by atoms with Gasteiger partial charge in [0.05, 0.1) is 42.3 Å². The zero-order valence-electron chi connectivity index (χ0n) is 26.7. The van der Waals surface area contributed by atoms with E-state index in [1.807, 2.05) is 18.2 Å². The van der Waals surface area contributed by atoms with Crippen molar-refractivity contribution in [3.63, 3.8) is 0 Å². The molecule has 0 spiro atoms. The molecule has 0 bridgehead atoms. The monoisotopic (exact) mass is 664 g/mol. The van der Waals surface area contributed by atoms with Crippen LogP contribution in [0.15, 0.2) is 60.9 Å². The summed E-state index contributed by atoms with van der Waals surface area (Å²) >= 11 is 0. The molecule has 1 aliphatic heterocycles. The molecule has 1 saturated heterocycles. The molecule has 1 fully saturated rings. The molecule has 0 aliphatic carbocycles. The third-order valence-corrected chi connectivity index (χ3v) is 8.24. The van der Waals surface area contributed by atoms with Gasteiger partial charge in [-0.15, -0.1) is 0 Å². The fraction of sp³-hybridized carbons (Fsp3) is 0.343. The second-order valence-corrected chi connectivity index (χ2v) is 11.7. The number of halogens is 4. The molecule has 4 aromatic rings. The van der Waals surface area contributed by atoms with Gasteiger partial charge in [0.15, 0.2) is 0 Å². The predicted octanol–water partition coefficient (Wildman–Crippen LogP) is 5.21. The Balaban J connectivity index is 1.36. The van der Waals surface area contributed by atoms with Gasteiger partial charge in [0, 0.05) is 44.4 Å². The maximum absolute atomic E-state index is 14.4. The highest BCUT2D eigenvalue weighted by Gasteiger charge is 2.31. The van der Waals surface area contributed by atoms with Gasteiger partial charge in [0.25, 0.3) is 11.8 Å². The van der Waals surface area contributed by atoms with Crippen LogP contribution < -0.4 is 20.7 Å². The van der Waals surface area contributed by atoms with Crippen molar-refractivity contribution in [2.45, 2.75) is 38.7 Å². The molecule has 2 amide bonds. The molecule has 2 atom stereocenters. The molecule has 5 rings (SSSR count). The fourth-order valence-corrected chi connectivity index (χ4v) is 5.86. The van der Waals surface area contributed by atoms with Crippen LogP contribution in [0.25, 0.3) is 11.0 Å². The third-order valence-electron chi connectivity index (χ3n) is 8.24. The van der Waals surface area contributed by atoms with Crippen molar-refractivity contribution in [3.8, 4) is 17.6 Å². The van der Waals surface area contributed by atoms with Crippen LogP contribution in [-0.2, 0) is 13.1 Å². The number of imidazole rings is 1. The second-order valence-electron chi connectivity index (χ2n) is 11.7. The molecular weight excluding hydrogens is 628 g/mol. The summed E-state index contributed by atoms with van der Waals surface area (Å²) in [5.41, 5.74) is 2.04. The maximum atomic E-state index is 14.4. The number of piperidine rings is 1. The van der Waals surface area contributed by atoms with Crippen molar-refractivity contribution in [2.24, 2.45) is 5.92 Å². The number of anilines is 1. The number of nitrogens with zero attached hydrogens (tertiary/aromatic N) is 3. The first-order chi connectivity index (χ1) is 23.0. The van der Waals surface area contributed by atoms with E-state index in [1.54, 1.807) is 0 Å². The molecule has 0 radical (unpaired) electrons. The second kappa shape index (κ2) is 14.8. The number of benzene rings is 3. The van der Waals surface area contributed by atoms with Crippen LogP contribution in [0.5, 0.6) is 5.75 Å². The molecule has 3 N–H and O–H groups in total. The number of aromatic nitrogens is 2. The van der Waals surface area contributed by atoms with E-state index in [0.29, 0.717) is 17.7 Å². The number of amides is 2. The van der Waals surface area contributed by atoms with Gasteiger partial charge in [-0.05, 0) is 36.1 Å². The van der Waals surface area contributed by atoms with E-state index in [9.17, 15) is 27.2 Å². The zero-order valence-corrected chi connectivity index (χ0v) is 26.7. The highest BCUT2D eigenvalue weighted by molar-refractivity contribution is 6.05. The summed E-state index contributed by atoms with van der Waals surface area (Å²) in [7, 11) is 2.73. The normalized spacial score (nSPS) is 16.6. The first-order valence-electron chi connectivity index (χ1n) is 15.4. The number of methoxy groups -OCH3 is 1. The number of hydrogen-bond donors (Lipinski definition) is 3. The van der Waals surface area contributed by atoms with E-state index < -0.39 is 30.4 Å². The summed E-state index contributed by atoms with van der Waals surface area (Å²) in [4.78, 5) is 32.3. The van der Waals surface area contributed by atoms with Crippen molar-refractivity contribution in [3.05, 3.63) is 89.0 Å². The molecule has 0 saturated carbocycles. The molecular formula is C35H36F4N6O3. The molecule has 1 aliphatic rings. The lowest BCUT2D eigenvalue weighted by molar-refractivity contribution is -0.140. The van der Waals surface area contributed by atoms with Crippen LogP contribution in [0, 0.1) is 23.6 Å². The van der Waals surface area contributed by atoms with Gasteiger partial charge < -0.3 is 25.3 Å². The minimum atomic E-state index is -4.51. The lowest BCUT2D eigenvalue weighted by atomic mass is 9.93. The Labute approximate surface area is 275 Å². The highest BCUT2D eigenvalue weighted by Crippen LogP contribution is 2.28. The largest absolute Gasteiger partial charge is 0.494 e. The van der Waals surface area contributed by atoms with E-state index in [4.69, 9.17) is 4.74 Å². The average Bonchev–Trinajstić information content (AvgIpc) is 3.45. The number of ether oxygens (including phenoxy) is 1. The Bertz CT molecular complexity index is 1850. The van der Waals surface area contributed by atoms with Gasteiger partial charge in [0.1, 0.15) is 23.6 Å². The molecule has 1 aromatic heterocycles.